The first-order chi connectivity index (χ1) is 4.83. The van der Waals surface area contributed by atoms with Gasteiger partial charge in [0.25, 0.3) is 5.91 Å². The summed E-state index contributed by atoms with van der Waals surface area (Å²) < 4.78 is -1.23. The van der Waals surface area contributed by atoms with Crippen molar-refractivity contribution >= 4 is 29.1 Å². The van der Waals surface area contributed by atoms with Crippen molar-refractivity contribution in [2.45, 2.75) is 24.6 Å². The zero-order valence-electron chi connectivity index (χ0n) is 6.58. The van der Waals surface area contributed by atoms with Gasteiger partial charge in [-0.25, -0.2) is 0 Å². The van der Waals surface area contributed by atoms with E-state index in [1.807, 2.05) is 13.8 Å². The van der Waals surface area contributed by atoms with Crippen molar-refractivity contribution in [2.24, 2.45) is 5.41 Å². The van der Waals surface area contributed by atoms with Crippen LogP contribution in [0.4, 0.5) is 0 Å². The molecule has 11 heavy (non-hydrogen) atoms. The SMILES string of the molecule is CC1(C)CNC(=O)C(Cl)(Cl)C1. The fourth-order valence-corrected chi connectivity index (χ4v) is 2.05. The molecule has 2 nitrogen and oxygen atoms in total. The van der Waals surface area contributed by atoms with Gasteiger partial charge in [0.2, 0.25) is 0 Å². The van der Waals surface area contributed by atoms with Crippen molar-refractivity contribution in [3.8, 4) is 0 Å². The number of alkyl halides is 2. The lowest BCUT2D eigenvalue weighted by Crippen LogP contribution is -2.51. The third-order valence-electron chi connectivity index (χ3n) is 1.76. The van der Waals surface area contributed by atoms with Gasteiger partial charge in [-0.05, 0) is 11.8 Å². The van der Waals surface area contributed by atoms with E-state index in [1.165, 1.54) is 0 Å². The number of carbonyl (C=O) groups is 1. The molecule has 64 valence electrons. The quantitative estimate of drug-likeness (QED) is 0.587. The molecule has 0 saturated carbocycles. The molecule has 0 aromatic rings. The highest BCUT2D eigenvalue weighted by Gasteiger charge is 2.43. The predicted molar refractivity (Wildman–Crippen MR) is 45.8 cm³/mol. The van der Waals surface area contributed by atoms with E-state index in [0.717, 1.165) is 0 Å². The molecule has 4 heteroatoms. The van der Waals surface area contributed by atoms with Crippen molar-refractivity contribution in [2.75, 3.05) is 6.54 Å². The lowest BCUT2D eigenvalue weighted by molar-refractivity contribution is -0.124. The second-order valence-electron chi connectivity index (χ2n) is 3.73. The molecule has 1 fully saturated rings. The number of halogens is 2. The Balaban J connectivity index is 2.75. The van der Waals surface area contributed by atoms with Crippen molar-refractivity contribution in [1.29, 1.82) is 0 Å². The van der Waals surface area contributed by atoms with Crippen LogP contribution in [0.1, 0.15) is 20.3 Å². The van der Waals surface area contributed by atoms with Gasteiger partial charge in [-0.2, -0.15) is 0 Å². The van der Waals surface area contributed by atoms with Gasteiger partial charge in [0.1, 0.15) is 0 Å². The normalized spacial score (nSPS) is 27.8. The van der Waals surface area contributed by atoms with E-state index >= 15 is 0 Å². The second kappa shape index (κ2) is 2.53. The topological polar surface area (TPSA) is 29.1 Å². The molecule has 0 bridgehead atoms. The van der Waals surface area contributed by atoms with Crippen molar-refractivity contribution < 1.29 is 4.79 Å². The van der Waals surface area contributed by atoms with Crippen molar-refractivity contribution in [3.63, 3.8) is 0 Å². The Morgan fingerprint density at radius 2 is 2.00 bits per heavy atom. The molecular weight excluding hydrogens is 185 g/mol. The fourth-order valence-electron chi connectivity index (χ4n) is 1.19. The number of hydrogen-bond acceptors (Lipinski definition) is 1. The number of nitrogens with one attached hydrogen (secondary N) is 1. The van der Waals surface area contributed by atoms with E-state index in [-0.39, 0.29) is 11.3 Å². The lowest BCUT2D eigenvalue weighted by Gasteiger charge is -2.36. The molecule has 0 radical (unpaired) electrons. The van der Waals surface area contributed by atoms with Gasteiger partial charge in [-0.15, -0.1) is 0 Å². The highest BCUT2D eigenvalue weighted by Crippen LogP contribution is 2.38. The van der Waals surface area contributed by atoms with Crippen LogP contribution in [0, 0.1) is 5.41 Å². The smallest absolute Gasteiger partial charge is 0.256 e. The number of carbonyl (C=O) groups excluding carboxylic acids is 1. The monoisotopic (exact) mass is 195 g/mol. The van der Waals surface area contributed by atoms with Crippen LogP contribution in [0.15, 0.2) is 0 Å². The van der Waals surface area contributed by atoms with E-state index in [2.05, 4.69) is 5.32 Å². The average molecular weight is 196 g/mol. The minimum Gasteiger partial charge on any atom is -0.353 e. The number of amides is 1. The van der Waals surface area contributed by atoms with Gasteiger partial charge in [-0.3, -0.25) is 4.79 Å². The summed E-state index contributed by atoms with van der Waals surface area (Å²) in [6.45, 7) is 4.69. The Hall–Kier alpha value is 0.0500. The van der Waals surface area contributed by atoms with E-state index in [1.54, 1.807) is 0 Å². The Labute approximate surface area is 76.2 Å². The molecule has 1 aliphatic rings. The fraction of sp³-hybridized carbons (Fsp3) is 0.857. The van der Waals surface area contributed by atoms with Gasteiger partial charge in [0, 0.05) is 6.54 Å². The van der Waals surface area contributed by atoms with Crippen molar-refractivity contribution in [1.82, 2.24) is 5.32 Å². The summed E-state index contributed by atoms with van der Waals surface area (Å²) in [4.78, 5) is 11.0. The lowest BCUT2D eigenvalue weighted by atomic mass is 9.84. The first-order valence-corrected chi connectivity index (χ1v) is 4.25. The van der Waals surface area contributed by atoms with E-state index < -0.39 is 4.33 Å². The molecule has 0 atom stereocenters. The Bertz CT molecular complexity index is 189. The van der Waals surface area contributed by atoms with E-state index in [0.29, 0.717) is 13.0 Å². The van der Waals surface area contributed by atoms with Gasteiger partial charge in [0.05, 0.1) is 0 Å². The van der Waals surface area contributed by atoms with Gasteiger partial charge < -0.3 is 5.32 Å². The summed E-state index contributed by atoms with van der Waals surface area (Å²) in [7, 11) is 0. The zero-order chi connectivity index (χ0) is 8.70. The zero-order valence-corrected chi connectivity index (χ0v) is 8.09. The van der Waals surface area contributed by atoms with Crippen LogP contribution in [0.2, 0.25) is 0 Å². The predicted octanol–water partition coefficient (Wildman–Crippen LogP) is 1.71. The molecule has 1 amide bonds. The molecule has 1 N–H and O–H groups in total. The van der Waals surface area contributed by atoms with Gasteiger partial charge in [-0.1, -0.05) is 37.0 Å². The standard InChI is InChI=1S/C7H11Cl2NO/c1-6(2)3-7(8,9)5(11)10-4-6/h3-4H2,1-2H3,(H,10,11). The summed E-state index contributed by atoms with van der Waals surface area (Å²) in [5, 5.41) is 2.66. The van der Waals surface area contributed by atoms with Crippen LogP contribution in [0.5, 0.6) is 0 Å². The van der Waals surface area contributed by atoms with Crippen LogP contribution in [-0.4, -0.2) is 16.8 Å². The first-order valence-electron chi connectivity index (χ1n) is 3.50. The molecule has 0 aromatic carbocycles. The highest BCUT2D eigenvalue weighted by molar-refractivity contribution is 6.58. The average Bonchev–Trinajstić information content (AvgIpc) is 1.77. The Morgan fingerprint density at radius 1 is 1.45 bits per heavy atom. The maximum absolute atomic E-state index is 11.0. The maximum Gasteiger partial charge on any atom is 0.256 e. The maximum atomic E-state index is 11.0. The summed E-state index contributed by atoms with van der Waals surface area (Å²) in [5.41, 5.74) is -0.00257. The van der Waals surface area contributed by atoms with E-state index in [9.17, 15) is 4.79 Å². The van der Waals surface area contributed by atoms with Crippen LogP contribution in [0.3, 0.4) is 0 Å². The molecule has 0 unspecified atom stereocenters. The molecule has 1 aliphatic heterocycles. The second-order valence-corrected chi connectivity index (χ2v) is 5.21. The number of hydrogen-bond donors (Lipinski definition) is 1. The van der Waals surface area contributed by atoms with Crippen LogP contribution in [0.25, 0.3) is 0 Å². The van der Waals surface area contributed by atoms with Crippen LogP contribution < -0.4 is 5.32 Å². The molecule has 0 spiro atoms. The third kappa shape index (κ3) is 2.00. The third-order valence-corrected chi connectivity index (χ3v) is 2.37. The first kappa shape index (κ1) is 9.14. The number of piperidine rings is 1. The largest absolute Gasteiger partial charge is 0.353 e. The summed E-state index contributed by atoms with van der Waals surface area (Å²) in [6.07, 6.45) is 0.509. The summed E-state index contributed by atoms with van der Waals surface area (Å²) in [5.74, 6) is -0.278. The number of rotatable bonds is 0. The minimum atomic E-state index is -1.23. The van der Waals surface area contributed by atoms with Crippen molar-refractivity contribution in [3.05, 3.63) is 0 Å². The van der Waals surface area contributed by atoms with Gasteiger partial charge in [0.15, 0.2) is 4.33 Å². The molecule has 1 rings (SSSR count). The Kier molecular flexibility index (Phi) is 2.10. The molecule has 0 aliphatic carbocycles. The van der Waals surface area contributed by atoms with E-state index in [4.69, 9.17) is 23.2 Å². The molecule has 1 saturated heterocycles. The van der Waals surface area contributed by atoms with Crippen LogP contribution in [-0.2, 0) is 4.79 Å². The summed E-state index contributed by atoms with van der Waals surface area (Å²) in [6, 6.07) is 0. The minimum absolute atomic E-state index is 0.00257. The molecule has 0 aromatic heterocycles. The summed E-state index contributed by atoms with van der Waals surface area (Å²) >= 11 is 11.5. The van der Waals surface area contributed by atoms with Gasteiger partial charge >= 0.3 is 0 Å². The molecular formula is C7H11Cl2NO. The Morgan fingerprint density at radius 3 is 2.36 bits per heavy atom. The van der Waals surface area contributed by atoms with Crippen LogP contribution >= 0.6 is 23.2 Å². The highest BCUT2D eigenvalue weighted by atomic mass is 35.5. The molecule has 1 heterocycles.